The van der Waals surface area contributed by atoms with Gasteiger partial charge in [-0.05, 0) is 25.0 Å². The van der Waals surface area contributed by atoms with Crippen molar-refractivity contribution in [1.82, 2.24) is 5.32 Å². The zero-order chi connectivity index (χ0) is 12.9. The Bertz CT molecular complexity index is 357. The summed E-state index contributed by atoms with van der Waals surface area (Å²) in [4.78, 5) is 0. The molecule has 0 unspecified atom stereocenters. The molecule has 1 rings (SSSR count). The van der Waals surface area contributed by atoms with Crippen molar-refractivity contribution < 1.29 is 18.3 Å². The minimum absolute atomic E-state index is 0.288. The quantitative estimate of drug-likeness (QED) is 0.805. The van der Waals surface area contributed by atoms with Crippen LogP contribution < -0.4 is 5.32 Å². The third-order valence-electron chi connectivity index (χ3n) is 2.42. The molecule has 5 heteroatoms. The van der Waals surface area contributed by atoms with Crippen LogP contribution in [0.1, 0.15) is 12.5 Å². The van der Waals surface area contributed by atoms with Crippen molar-refractivity contribution in [3.05, 3.63) is 35.6 Å². The van der Waals surface area contributed by atoms with Crippen molar-refractivity contribution in [2.75, 3.05) is 13.2 Å². The lowest BCUT2D eigenvalue weighted by atomic mass is 10.1. The number of nitrogens with one attached hydrogen (secondary N) is 1. The fraction of sp³-hybridized carbons (Fsp3) is 0.500. The van der Waals surface area contributed by atoms with E-state index in [0.717, 1.165) is 0 Å². The molecular weight excluding hydrogens is 231 g/mol. The second-order valence-corrected chi connectivity index (χ2v) is 4.09. The molecule has 96 valence electrons. The summed E-state index contributed by atoms with van der Waals surface area (Å²) >= 11 is 0. The first-order valence-corrected chi connectivity index (χ1v) is 5.40. The van der Waals surface area contributed by atoms with Crippen LogP contribution in [0, 0.1) is 5.82 Å². The van der Waals surface area contributed by atoms with Crippen LogP contribution in [0.3, 0.4) is 0 Å². The Hall–Kier alpha value is -1.07. The van der Waals surface area contributed by atoms with Gasteiger partial charge < -0.3 is 10.4 Å². The molecule has 0 aliphatic rings. The number of hydrogen-bond donors (Lipinski definition) is 2. The number of benzene rings is 1. The Morgan fingerprint density at radius 2 is 2.00 bits per heavy atom. The molecule has 0 radical (unpaired) electrons. The third-order valence-corrected chi connectivity index (χ3v) is 2.42. The van der Waals surface area contributed by atoms with E-state index in [4.69, 9.17) is 5.11 Å². The van der Waals surface area contributed by atoms with Crippen LogP contribution in [-0.4, -0.2) is 30.2 Å². The van der Waals surface area contributed by atoms with Gasteiger partial charge in [0.25, 0.3) is 5.92 Å². The van der Waals surface area contributed by atoms with Gasteiger partial charge in [0.1, 0.15) is 12.4 Å². The Labute approximate surface area is 98.5 Å². The smallest absolute Gasteiger partial charge is 0.282 e. The Morgan fingerprint density at radius 1 is 1.35 bits per heavy atom. The summed E-state index contributed by atoms with van der Waals surface area (Å²) in [6.45, 7) is -0.106. The molecule has 0 aliphatic heterocycles. The first kappa shape index (κ1) is 14.0. The van der Waals surface area contributed by atoms with Crippen molar-refractivity contribution in [3.63, 3.8) is 0 Å². The molecular formula is C12H16F3NO. The van der Waals surface area contributed by atoms with Gasteiger partial charge in [0.2, 0.25) is 0 Å². The second-order valence-electron chi connectivity index (χ2n) is 4.09. The highest BCUT2D eigenvalue weighted by Crippen LogP contribution is 2.12. The van der Waals surface area contributed by atoms with Gasteiger partial charge in [-0.1, -0.05) is 18.2 Å². The lowest BCUT2D eigenvalue weighted by Crippen LogP contribution is -2.40. The van der Waals surface area contributed by atoms with E-state index < -0.39 is 19.1 Å². The number of alkyl halides is 2. The van der Waals surface area contributed by atoms with E-state index in [1.165, 1.54) is 6.07 Å². The van der Waals surface area contributed by atoms with Crippen LogP contribution in [0.15, 0.2) is 24.3 Å². The summed E-state index contributed by atoms with van der Waals surface area (Å²) in [7, 11) is 0. The minimum atomic E-state index is -3.14. The summed E-state index contributed by atoms with van der Waals surface area (Å²) in [6.07, 6.45) is 0.328. The summed E-state index contributed by atoms with van der Waals surface area (Å²) in [5, 5.41) is 11.0. The molecule has 0 heterocycles. The normalized spacial score (nSPS) is 13.7. The van der Waals surface area contributed by atoms with E-state index in [0.29, 0.717) is 12.0 Å². The van der Waals surface area contributed by atoms with E-state index in [2.05, 4.69) is 5.32 Å². The van der Waals surface area contributed by atoms with Crippen molar-refractivity contribution in [2.24, 2.45) is 0 Å². The van der Waals surface area contributed by atoms with Crippen molar-refractivity contribution in [3.8, 4) is 0 Å². The zero-order valence-electron chi connectivity index (χ0n) is 9.59. The van der Waals surface area contributed by atoms with E-state index in [-0.39, 0.29) is 11.9 Å². The number of aliphatic hydroxyl groups is 1. The second kappa shape index (κ2) is 6.02. The summed E-state index contributed by atoms with van der Waals surface area (Å²) in [5.41, 5.74) is 0.486. The van der Waals surface area contributed by atoms with Crippen LogP contribution in [0.2, 0.25) is 0 Å². The fourth-order valence-electron chi connectivity index (χ4n) is 1.45. The molecule has 0 saturated heterocycles. The first-order valence-electron chi connectivity index (χ1n) is 5.40. The molecule has 2 N–H and O–H groups in total. The van der Waals surface area contributed by atoms with E-state index in [9.17, 15) is 13.2 Å². The van der Waals surface area contributed by atoms with Crippen LogP contribution in [0.4, 0.5) is 13.2 Å². The molecule has 0 amide bonds. The molecule has 1 atom stereocenters. The number of hydrogen-bond acceptors (Lipinski definition) is 2. The largest absolute Gasteiger partial charge is 0.390 e. The molecule has 0 aromatic heterocycles. The molecule has 1 aromatic rings. The van der Waals surface area contributed by atoms with Gasteiger partial charge in [-0.25, -0.2) is 13.2 Å². The zero-order valence-corrected chi connectivity index (χ0v) is 9.59. The van der Waals surface area contributed by atoms with E-state index in [1.807, 2.05) is 0 Å². The highest BCUT2D eigenvalue weighted by molar-refractivity contribution is 5.18. The van der Waals surface area contributed by atoms with Gasteiger partial charge in [-0.2, -0.15) is 0 Å². The van der Waals surface area contributed by atoms with Gasteiger partial charge >= 0.3 is 0 Å². The first-order chi connectivity index (χ1) is 7.94. The SMILES string of the molecule is C[C@H](Cc1ccccc1F)NCC(F)(F)CO. The average molecular weight is 247 g/mol. The van der Waals surface area contributed by atoms with Gasteiger partial charge in [0.15, 0.2) is 0 Å². The molecule has 17 heavy (non-hydrogen) atoms. The van der Waals surface area contributed by atoms with Crippen molar-refractivity contribution in [2.45, 2.75) is 25.3 Å². The standard InChI is InChI=1S/C12H16F3NO/c1-9(16-7-12(14,15)8-17)6-10-4-2-3-5-11(10)13/h2-5,9,16-17H,6-8H2,1H3/t9-/m1/s1. The minimum Gasteiger partial charge on any atom is -0.390 e. The molecule has 0 spiro atoms. The number of aliphatic hydroxyl groups excluding tert-OH is 1. The summed E-state index contributed by atoms with van der Waals surface area (Å²) < 4.78 is 38.8. The number of rotatable bonds is 6. The van der Waals surface area contributed by atoms with Gasteiger partial charge in [0.05, 0.1) is 6.54 Å². The van der Waals surface area contributed by atoms with Gasteiger partial charge in [0, 0.05) is 6.04 Å². The van der Waals surface area contributed by atoms with E-state index in [1.54, 1.807) is 25.1 Å². The highest BCUT2D eigenvalue weighted by atomic mass is 19.3. The lowest BCUT2D eigenvalue weighted by molar-refractivity contribution is -0.0490. The highest BCUT2D eigenvalue weighted by Gasteiger charge is 2.27. The maximum Gasteiger partial charge on any atom is 0.282 e. The molecule has 0 fully saturated rings. The van der Waals surface area contributed by atoms with Crippen LogP contribution in [-0.2, 0) is 6.42 Å². The average Bonchev–Trinajstić information content (AvgIpc) is 2.30. The molecule has 0 bridgehead atoms. The van der Waals surface area contributed by atoms with Crippen LogP contribution in [0.5, 0.6) is 0 Å². The number of halogens is 3. The van der Waals surface area contributed by atoms with Gasteiger partial charge in [-0.3, -0.25) is 0 Å². The van der Waals surface area contributed by atoms with Crippen LogP contribution >= 0.6 is 0 Å². The van der Waals surface area contributed by atoms with Crippen LogP contribution in [0.25, 0.3) is 0 Å². The maximum absolute atomic E-state index is 13.3. The third kappa shape index (κ3) is 4.75. The summed E-state index contributed by atoms with van der Waals surface area (Å²) in [5.74, 6) is -3.47. The van der Waals surface area contributed by atoms with E-state index >= 15 is 0 Å². The Kier molecular flexibility index (Phi) is 4.96. The molecule has 0 aliphatic carbocycles. The van der Waals surface area contributed by atoms with Crippen molar-refractivity contribution in [1.29, 1.82) is 0 Å². The molecule has 2 nitrogen and oxygen atoms in total. The topological polar surface area (TPSA) is 32.3 Å². The maximum atomic E-state index is 13.3. The van der Waals surface area contributed by atoms with Gasteiger partial charge in [-0.15, -0.1) is 0 Å². The molecule has 0 saturated carbocycles. The summed E-state index contributed by atoms with van der Waals surface area (Å²) in [6, 6.07) is 5.95. The molecule has 1 aromatic carbocycles. The lowest BCUT2D eigenvalue weighted by Gasteiger charge is -2.19. The fourth-order valence-corrected chi connectivity index (χ4v) is 1.45. The monoisotopic (exact) mass is 247 g/mol. The van der Waals surface area contributed by atoms with Crippen molar-refractivity contribution >= 4 is 0 Å². The predicted molar refractivity (Wildman–Crippen MR) is 59.6 cm³/mol. The Morgan fingerprint density at radius 3 is 2.59 bits per heavy atom. The Balaban J connectivity index is 2.45. The predicted octanol–water partition coefficient (Wildman–Crippen LogP) is 1.97.